The Bertz CT molecular complexity index is 5000. The number of nitrogens with zero attached hydrogens (tertiary/aromatic N) is 15. The molecule has 624 valence electrons. The van der Waals surface area contributed by atoms with Gasteiger partial charge in [0.2, 0.25) is 39.6 Å². The van der Waals surface area contributed by atoms with Crippen molar-refractivity contribution in [1.29, 1.82) is 0 Å². The monoisotopic (exact) mass is 1730 g/mol. The summed E-state index contributed by atoms with van der Waals surface area (Å²) in [6.45, 7) is 14.1. The maximum Gasteiger partial charge on any atom is 0.339 e. The number of hydrogen-bond donors (Lipinski definition) is 3. The van der Waals surface area contributed by atoms with Crippen molar-refractivity contribution in [2.45, 2.75) is 155 Å². The summed E-state index contributed by atoms with van der Waals surface area (Å²) in [5.74, 6) is 5.18. The van der Waals surface area contributed by atoms with Gasteiger partial charge in [0.15, 0.2) is 100 Å². The zero-order valence-electron chi connectivity index (χ0n) is 65.7. The first kappa shape index (κ1) is 85.7. The summed E-state index contributed by atoms with van der Waals surface area (Å²) in [5, 5.41) is 1.28. The first-order valence-corrected chi connectivity index (χ1v) is 42.2. The highest BCUT2D eigenvalue weighted by Gasteiger charge is 2.31. The molecule has 6 aliphatic rings. The summed E-state index contributed by atoms with van der Waals surface area (Å²) < 4.78 is 59.9. The van der Waals surface area contributed by atoms with Gasteiger partial charge < -0.3 is 93.0 Å². The number of ether oxygens (including phenoxy) is 10. The lowest BCUT2D eigenvalue weighted by atomic mass is 9.94. The summed E-state index contributed by atoms with van der Waals surface area (Å²) in [7, 11) is 2.67. The van der Waals surface area contributed by atoms with Crippen molar-refractivity contribution in [1.82, 2.24) is 73.3 Å². The Kier molecular flexibility index (Phi) is 30.4. The minimum atomic E-state index is -0.482. The smallest absolute Gasteiger partial charge is 0.339 e. The third-order valence-corrected chi connectivity index (χ3v) is 24.7. The van der Waals surface area contributed by atoms with E-state index in [0.717, 1.165) is 159 Å². The number of aryl methyl sites for hydroxylation is 3. The van der Waals surface area contributed by atoms with Crippen molar-refractivity contribution in [2.75, 3.05) is 110 Å². The number of thioether (sulfide) groups is 1. The van der Waals surface area contributed by atoms with Crippen LogP contribution in [0.3, 0.4) is 0 Å². The standard InChI is InChI=1S/C23H26N6O5S.C22H24N6O5S.C20H28O6S.C13H17BrN6O/c1-2-32-22(31)15-9-16-17(34-13-33-16)10-18(15)35-23-27-19-20(24)25-11-26-21(19)29(23)8-5-14-3-6-28(12-30)7-4-14;1-31-21(30)14-8-15-16(33-12-32-15)9-17(14)34-22-26-18-19(23)24-10-25-20(18)28(22)7-4-13-2-5-27(11-29)6-3-13;1-4-6-7-14(5-2)12-24-19(21)8-9-27-18-11-17-16(25-13-26-17)10-15(18)20(22)23-3;14-13-18-10-11(15)16-7-17-12(10)20(13)6-3-9-1-4-19(8-21)5-2-9/h9-12,14H,2-8,13H2,1H3,(H2,24,25,26);8-11,13H,2-7,12H2,1H3,(H2,23,24,25);10-11,14H,4-9,12-13H2,1-3H3;7-9H,1-6H2,(H2,15,16,17). The van der Waals surface area contributed by atoms with Gasteiger partial charge >= 0.3 is 23.9 Å². The molecule has 3 saturated heterocycles. The van der Waals surface area contributed by atoms with Crippen LogP contribution >= 0.6 is 51.2 Å². The Morgan fingerprint density at radius 3 is 1.28 bits per heavy atom. The molecule has 0 aliphatic carbocycles. The number of nitrogen functional groups attached to an aromatic ring is 3. The summed E-state index contributed by atoms with van der Waals surface area (Å²) >= 11 is 7.50. The van der Waals surface area contributed by atoms with Gasteiger partial charge in [-0.3, -0.25) is 19.2 Å². The first-order valence-electron chi connectivity index (χ1n) is 38.8. The van der Waals surface area contributed by atoms with E-state index in [-0.39, 0.29) is 39.4 Å². The van der Waals surface area contributed by atoms with Crippen molar-refractivity contribution in [3.05, 3.63) is 76.8 Å². The molecule has 3 amide bonds. The van der Waals surface area contributed by atoms with Crippen LogP contribution in [0.4, 0.5) is 17.5 Å². The van der Waals surface area contributed by atoms with Crippen molar-refractivity contribution in [3.63, 3.8) is 0 Å². The fourth-order valence-corrected chi connectivity index (χ4v) is 17.7. The SMILES string of the molecule is CCCCC(CC)COC(=O)CCSc1cc2c(cc1C(=O)OC)OCO2.CCOC(=O)c1cc2c(cc1Sc1nc3c(N)ncnc3n1CCC1CCN(C=O)CC1)OCO2.COC(=O)c1cc2c(cc1Sc1nc3c(N)ncnc3n1CCC1CCN(C=O)CC1)OCO2.Nc1ncnc2c1nc(Br)n2CCC1CCN(C=O)CC1. The highest BCUT2D eigenvalue weighted by Crippen LogP contribution is 2.45. The second-order valence-corrected chi connectivity index (χ2v) is 32.1. The summed E-state index contributed by atoms with van der Waals surface area (Å²) in [6, 6.07) is 10.2. The van der Waals surface area contributed by atoms with Crippen LogP contribution in [0, 0.1) is 23.7 Å². The fraction of sp³-hybridized carbons (Fsp3) is 0.487. The average Bonchev–Trinajstić information content (AvgIpc) is 1.63. The largest absolute Gasteiger partial charge is 0.465 e. The molecule has 1 unspecified atom stereocenters. The molecular weight excluding hydrogens is 1640 g/mol. The van der Waals surface area contributed by atoms with Gasteiger partial charge in [0.1, 0.15) is 19.0 Å². The molecule has 15 rings (SSSR count). The maximum atomic E-state index is 12.7. The maximum absolute atomic E-state index is 12.7. The molecule has 0 bridgehead atoms. The molecule has 0 spiro atoms. The second kappa shape index (κ2) is 41.4. The summed E-state index contributed by atoms with van der Waals surface area (Å²) in [4.78, 5) is 129. The Balaban J connectivity index is 0.000000146. The molecule has 117 heavy (non-hydrogen) atoms. The molecule has 3 aromatic carbocycles. The van der Waals surface area contributed by atoms with Crippen molar-refractivity contribution < 1.29 is 80.9 Å². The average molecular weight is 1730 g/mol. The number of likely N-dealkylation sites (tertiary alicyclic amines) is 3. The van der Waals surface area contributed by atoms with Crippen LogP contribution in [-0.4, -0.2) is 209 Å². The van der Waals surface area contributed by atoms with Crippen LogP contribution in [0.2, 0.25) is 0 Å². The van der Waals surface area contributed by atoms with Crippen LogP contribution in [0.15, 0.2) is 85.1 Å². The number of piperidine rings is 3. The number of carbonyl (C=O) groups is 7. The lowest BCUT2D eigenvalue weighted by molar-refractivity contribution is -0.144. The van der Waals surface area contributed by atoms with Gasteiger partial charge in [-0.15, -0.1) is 11.8 Å². The number of aromatic nitrogens is 12. The van der Waals surface area contributed by atoms with Crippen molar-refractivity contribution >= 4 is 145 Å². The molecule has 9 aromatic rings. The molecule has 39 heteroatoms. The quantitative estimate of drug-likeness (QED) is 0.0124. The minimum Gasteiger partial charge on any atom is -0.465 e. The number of hydrogen-bond acceptors (Lipinski definition) is 32. The number of amides is 3. The molecule has 3 fully saturated rings. The second-order valence-electron chi connectivity index (χ2n) is 28.2. The van der Waals surface area contributed by atoms with Gasteiger partial charge in [0, 0.05) is 79.3 Å². The van der Waals surface area contributed by atoms with Crippen molar-refractivity contribution in [2.24, 2.45) is 23.7 Å². The normalized spacial score (nSPS) is 15.2. The van der Waals surface area contributed by atoms with E-state index in [1.165, 1.54) is 68.5 Å². The third kappa shape index (κ3) is 21.6. The van der Waals surface area contributed by atoms with Gasteiger partial charge in [-0.25, -0.2) is 59.2 Å². The summed E-state index contributed by atoms with van der Waals surface area (Å²) in [5.41, 5.74) is 22.9. The lowest BCUT2D eigenvalue weighted by Gasteiger charge is -2.29. The number of anilines is 3. The van der Waals surface area contributed by atoms with Gasteiger partial charge in [0.05, 0.1) is 50.5 Å². The number of imidazole rings is 3. The Hall–Kier alpha value is -10.7. The van der Waals surface area contributed by atoms with E-state index in [2.05, 4.69) is 64.7 Å². The molecule has 0 saturated carbocycles. The van der Waals surface area contributed by atoms with Crippen LogP contribution in [0.5, 0.6) is 34.5 Å². The summed E-state index contributed by atoms with van der Waals surface area (Å²) in [6.07, 6.45) is 20.6. The van der Waals surface area contributed by atoms with Crippen LogP contribution in [0.25, 0.3) is 33.5 Å². The number of esters is 4. The number of halogens is 1. The van der Waals surface area contributed by atoms with E-state index in [0.29, 0.717) is 171 Å². The van der Waals surface area contributed by atoms with E-state index in [9.17, 15) is 33.6 Å². The van der Waals surface area contributed by atoms with Gasteiger partial charge in [-0.05, 0) is 147 Å². The highest BCUT2D eigenvalue weighted by molar-refractivity contribution is 9.10. The van der Waals surface area contributed by atoms with Crippen molar-refractivity contribution in [3.8, 4) is 34.5 Å². The zero-order chi connectivity index (χ0) is 82.5. The number of nitrogens with two attached hydrogens (primary N) is 3. The van der Waals surface area contributed by atoms with E-state index in [1.54, 1.807) is 43.3 Å². The van der Waals surface area contributed by atoms with Crippen LogP contribution < -0.4 is 45.6 Å². The fourth-order valence-electron chi connectivity index (χ4n) is 14.1. The first-order chi connectivity index (χ1) is 56.9. The number of rotatable bonds is 30. The molecule has 12 heterocycles. The predicted molar refractivity (Wildman–Crippen MR) is 436 cm³/mol. The molecule has 0 radical (unpaired) electrons. The topological polar surface area (TPSA) is 430 Å². The third-order valence-electron chi connectivity index (χ3n) is 21.0. The number of benzene rings is 3. The zero-order valence-corrected chi connectivity index (χ0v) is 69.8. The number of carbonyl (C=O) groups excluding carboxylic acids is 7. The molecule has 6 aromatic heterocycles. The Labute approximate surface area is 695 Å². The molecule has 35 nitrogen and oxygen atoms in total. The molecule has 1 atom stereocenters. The lowest BCUT2D eigenvalue weighted by Crippen LogP contribution is -2.32. The van der Waals surface area contributed by atoms with E-state index in [1.807, 2.05) is 28.4 Å². The van der Waals surface area contributed by atoms with Gasteiger partial charge in [-0.1, -0.05) is 56.6 Å². The number of methoxy groups -OCH3 is 2. The van der Waals surface area contributed by atoms with E-state index < -0.39 is 17.9 Å². The Morgan fingerprint density at radius 2 is 0.889 bits per heavy atom. The number of unbranched alkanes of at least 4 members (excludes halogenated alkanes) is 1. The molecular formula is C78H95BrN18O17S3. The highest BCUT2D eigenvalue weighted by atomic mass is 79.9. The van der Waals surface area contributed by atoms with Gasteiger partial charge in [-0.2, -0.15) is 0 Å². The predicted octanol–water partition coefficient (Wildman–Crippen LogP) is 10.9. The van der Waals surface area contributed by atoms with E-state index in [4.69, 9.17) is 74.5 Å². The molecule has 6 aliphatic heterocycles. The van der Waals surface area contributed by atoms with Gasteiger partial charge in [0.25, 0.3) is 0 Å². The number of fused-ring (bicyclic) bond motifs is 6. The minimum absolute atomic E-state index is 0.0949. The van der Waals surface area contributed by atoms with Crippen LogP contribution in [0.1, 0.15) is 142 Å². The van der Waals surface area contributed by atoms with E-state index >= 15 is 0 Å². The molecule has 6 N–H and O–H groups in total. The van der Waals surface area contributed by atoms with Crippen LogP contribution in [-0.2, 0) is 57.8 Å². The Morgan fingerprint density at radius 1 is 0.513 bits per heavy atom.